The van der Waals surface area contributed by atoms with Crippen molar-refractivity contribution in [3.05, 3.63) is 86.7 Å². The van der Waals surface area contributed by atoms with Crippen LogP contribution < -0.4 is 10.5 Å². The number of rotatable bonds is 7. The molecule has 0 saturated heterocycles. The molecule has 0 aliphatic heterocycles. The second-order valence-electron chi connectivity index (χ2n) is 6.92. The minimum absolute atomic E-state index is 0.0314. The lowest BCUT2D eigenvalue weighted by Gasteiger charge is -2.19. The minimum Gasteiger partial charge on any atom is -0.355 e. The number of benzene rings is 2. The van der Waals surface area contributed by atoms with E-state index in [2.05, 4.69) is 10.5 Å². The summed E-state index contributed by atoms with van der Waals surface area (Å²) < 4.78 is 5.26. The van der Waals surface area contributed by atoms with Crippen LogP contribution in [0.4, 0.5) is 0 Å². The van der Waals surface area contributed by atoms with Crippen LogP contribution >= 0.6 is 23.2 Å². The second kappa shape index (κ2) is 9.26. The molecule has 0 spiro atoms. The summed E-state index contributed by atoms with van der Waals surface area (Å²) in [5, 5.41) is 7.27. The predicted molar refractivity (Wildman–Crippen MR) is 111 cm³/mol. The maximum absolute atomic E-state index is 12.5. The van der Waals surface area contributed by atoms with Gasteiger partial charge in [-0.3, -0.25) is 4.79 Å². The average Bonchev–Trinajstić information content (AvgIpc) is 2.99. The van der Waals surface area contributed by atoms with Gasteiger partial charge in [-0.1, -0.05) is 47.5 Å². The number of aryl methyl sites for hydroxylation is 2. The summed E-state index contributed by atoms with van der Waals surface area (Å²) in [5.41, 5.74) is 4.07. The molecule has 0 aliphatic carbocycles. The Morgan fingerprint density at radius 3 is 2.21 bits per heavy atom. The van der Waals surface area contributed by atoms with Crippen molar-refractivity contribution in [2.24, 2.45) is 0 Å². The van der Waals surface area contributed by atoms with Crippen LogP contribution in [-0.2, 0) is 17.6 Å². The first-order valence-corrected chi connectivity index (χ1v) is 9.91. The van der Waals surface area contributed by atoms with E-state index in [4.69, 9.17) is 27.7 Å². The van der Waals surface area contributed by atoms with Gasteiger partial charge >= 0.3 is 0 Å². The second-order valence-corrected chi connectivity index (χ2v) is 7.80. The Balaban J connectivity index is 1.70. The fraction of sp³-hybridized carbons (Fsp3) is 0.273. The fourth-order valence-corrected chi connectivity index (χ4v) is 3.46. The van der Waals surface area contributed by atoms with Gasteiger partial charge in [0, 0.05) is 36.4 Å². The lowest BCUT2D eigenvalue weighted by molar-refractivity contribution is -0.615. The van der Waals surface area contributed by atoms with Crippen molar-refractivity contribution in [1.82, 2.24) is 5.32 Å². The fourth-order valence-electron chi connectivity index (χ4n) is 3.21. The minimum atomic E-state index is -0.0314. The zero-order valence-corrected chi connectivity index (χ0v) is 17.4. The molecule has 0 aliphatic rings. The highest BCUT2D eigenvalue weighted by Gasteiger charge is 2.19. The van der Waals surface area contributed by atoms with Crippen molar-refractivity contribution < 1.29 is 14.5 Å². The molecule has 4 nitrogen and oxygen atoms in total. The van der Waals surface area contributed by atoms with Crippen LogP contribution in [0, 0.1) is 13.8 Å². The number of amides is 1. The smallest absolute Gasteiger partial charge is 0.229 e. The summed E-state index contributed by atoms with van der Waals surface area (Å²) >= 11 is 12.0. The number of nitrogens with one attached hydrogen (secondary N) is 2. The van der Waals surface area contributed by atoms with Gasteiger partial charge in [-0.25, -0.2) is 4.52 Å². The summed E-state index contributed by atoms with van der Waals surface area (Å²) in [6, 6.07) is 15.6. The number of carbonyl (C=O) groups is 1. The molecule has 146 valence electrons. The maximum Gasteiger partial charge on any atom is 0.229 e. The lowest BCUT2D eigenvalue weighted by Crippen LogP contribution is -2.30. The quantitative estimate of drug-likeness (QED) is 0.605. The van der Waals surface area contributed by atoms with Crippen LogP contribution in [-0.4, -0.2) is 12.5 Å². The van der Waals surface area contributed by atoms with Gasteiger partial charge in [0.05, 0.1) is 12.0 Å². The Kier molecular flexibility index (Phi) is 6.76. The summed E-state index contributed by atoms with van der Waals surface area (Å²) in [6.07, 6.45) is 1.08. The molecule has 1 aromatic heterocycles. The molecule has 1 heterocycles. The molecule has 28 heavy (non-hydrogen) atoms. The van der Waals surface area contributed by atoms with E-state index >= 15 is 0 Å². The van der Waals surface area contributed by atoms with E-state index in [9.17, 15) is 4.79 Å². The van der Waals surface area contributed by atoms with Gasteiger partial charge in [0.25, 0.3) is 0 Å². The molecular formula is C22H23Cl2N2O2+. The first kappa shape index (κ1) is 20.4. The molecule has 1 amide bonds. The molecule has 0 bridgehead atoms. The number of aromatic amines is 1. The molecule has 1 atom stereocenters. The van der Waals surface area contributed by atoms with Gasteiger partial charge in [0.15, 0.2) is 5.76 Å². The zero-order chi connectivity index (χ0) is 20.1. The summed E-state index contributed by atoms with van der Waals surface area (Å²) in [7, 11) is 0. The normalized spacial score (nSPS) is 12.0. The molecular weight excluding hydrogens is 395 g/mol. The third kappa shape index (κ3) is 5.37. The number of hydrogen-bond donors (Lipinski definition) is 1. The van der Waals surface area contributed by atoms with E-state index in [0.717, 1.165) is 34.6 Å². The van der Waals surface area contributed by atoms with E-state index in [1.807, 2.05) is 62.4 Å². The number of halogens is 2. The predicted octanol–water partition coefficient (Wildman–Crippen LogP) is 4.70. The van der Waals surface area contributed by atoms with Gasteiger partial charge in [-0.05, 0) is 47.0 Å². The van der Waals surface area contributed by atoms with Gasteiger partial charge in [-0.15, -0.1) is 0 Å². The highest BCUT2D eigenvalue weighted by molar-refractivity contribution is 6.30. The van der Waals surface area contributed by atoms with Crippen LogP contribution in [0.15, 0.2) is 53.1 Å². The van der Waals surface area contributed by atoms with Crippen molar-refractivity contribution in [3.8, 4) is 0 Å². The van der Waals surface area contributed by atoms with Gasteiger partial charge in [0.1, 0.15) is 0 Å². The van der Waals surface area contributed by atoms with Crippen molar-refractivity contribution in [2.75, 3.05) is 6.54 Å². The van der Waals surface area contributed by atoms with Crippen molar-refractivity contribution in [2.45, 2.75) is 32.6 Å². The Bertz CT molecular complexity index is 915. The van der Waals surface area contributed by atoms with Crippen LogP contribution in [0.25, 0.3) is 0 Å². The largest absolute Gasteiger partial charge is 0.355 e. The van der Waals surface area contributed by atoms with Crippen LogP contribution in [0.5, 0.6) is 0 Å². The molecule has 0 radical (unpaired) electrons. The zero-order valence-electron chi connectivity index (χ0n) is 15.9. The molecule has 6 heteroatoms. The molecule has 3 aromatic rings. The molecule has 3 rings (SSSR count). The molecule has 2 aromatic carbocycles. The van der Waals surface area contributed by atoms with Crippen LogP contribution in [0.3, 0.4) is 0 Å². The van der Waals surface area contributed by atoms with E-state index in [1.165, 1.54) is 0 Å². The van der Waals surface area contributed by atoms with Gasteiger partial charge in [-0.2, -0.15) is 0 Å². The van der Waals surface area contributed by atoms with Gasteiger partial charge in [0.2, 0.25) is 11.6 Å². The SMILES string of the molecule is Cc1[nH+]oc(C)c1CC(=O)NC[C@H](Cc1ccc(Cl)cc1)c1ccc(Cl)cc1. The third-order valence-electron chi connectivity index (χ3n) is 4.85. The molecule has 0 fully saturated rings. The number of aromatic nitrogens is 1. The molecule has 2 N–H and O–H groups in total. The average molecular weight is 418 g/mol. The highest BCUT2D eigenvalue weighted by Crippen LogP contribution is 2.23. The molecule has 0 saturated carbocycles. The van der Waals surface area contributed by atoms with E-state index in [1.54, 1.807) is 0 Å². The highest BCUT2D eigenvalue weighted by atomic mass is 35.5. The van der Waals surface area contributed by atoms with E-state index in [-0.39, 0.29) is 11.8 Å². The van der Waals surface area contributed by atoms with Crippen molar-refractivity contribution in [1.29, 1.82) is 0 Å². The Labute approximate surface area is 174 Å². The third-order valence-corrected chi connectivity index (χ3v) is 5.36. The van der Waals surface area contributed by atoms with Crippen LogP contribution in [0.2, 0.25) is 10.0 Å². The van der Waals surface area contributed by atoms with Crippen LogP contribution in [0.1, 0.15) is 34.1 Å². The standard InChI is InChI=1S/C22H22Cl2N2O2/c1-14-21(15(2)28-26-14)12-22(27)25-13-18(17-5-9-20(24)10-6-17)11-16-3-7-19(23)8-4-16/h3-10,18H,11-13H2,1-2H3,(H,25,27)/p+1/t18-/m0/s1. The first-order valence-electron chi connectivity index (χ1n) is 9.15. The van der Waals surface area contributed by atoms with E-state index < -0.39 is 0 Å². The lowest BCUT2D eigenvalue weighted by atomic mass is 9.92. The van der Waals surface area contributed by atoms with Gasteiger partial charge < -0.3 is 5.32 Å². The number of H-pyrrole nitrogens is 1. The Morgan fingerprint density at radius 2 is 1.64 bits per heavy atom. The summed E-state index contributed by atoms with van der Waals surface area (Å²) in [5.74, 6) is 0.833. The maximum atomic E-state index is 12.5. The Morgan fingerprint density at radius 1 is 1.04 bits per heavy atom. The van der Waals surface area contributed by atoms with E-state index in [0.29, 0.717) is 23.0 Å². The monoisotopic (exact) mass is 417 g/mol. The topological polar surface area (TPSA) is 56.4 Å². The number of carbonyl (C=O) groups excluding carboxylic acids is 1. The Hall–Kier alpha value is -2.30. The molecule has 0 unspecified atom stereocenters. The van der Waals surface area contributed by atoms with Crippen molar-refractivity contribution in [3.63, 3.8) is 0 Å². The summed E-state index contributed by atoms with van der Waals surface area (Å²) in [4.78, 5) is 12.5. The summed E-state index contributed by atoms with van der Waals surface area (Å²) in [6.45, 7) is 4.28. The number of hydrogen-bond acceptors (Lipinski definition) is 2. The van der Waals surface area contributed by atoms with Crippen molar-refractivity contribution >= 4 is 29.1 Å². The first-order chi connectivity index (χ1) is 13.4.